The fourth-order valence-corrected chi connectivity index (χ4v) is 6.86. The van der Waals surface area contributed by atoms with Crippen molar-refractivity contribution in [3.05, 3.63) is 35.5 Å². The van der Waals surface area contributed by atoms with Crippen LogP contribution in [0.15, 0.2) is 29.2 Å². The Morgan fingerprint density at radius 2 is 2.00 bits per heavy atom. The van der Waals surface area contributed by atoms with Crippen molar-refractivity contribution in [2.24, 2.45) is 0 Å². The largest absolute Gasteiger partial charge is 0.611 e. The van der Waals surface area contributed by atoms with E-state index in [9.17, 15) is 14.1 Å². The number of nitrogens with zero attached hydrogens (tertiary/aromatic N) is 4. The third-order valence-corrected chi connectivity index (χ3v) is 8.90. The molecule has 2 fully saturated rings. The van der Waals surface area contributed by atoms with E-state index in [2.05, 4.69) is 15.5 Å². The number of carbonyl (C=O) groups excluding carboxylic acids is 2. The number of piperidine rings is 2. The zero-order valence-corrected chi connectivity index (χ0v) is 20.4. The normalized spacial score (nSPS) is 25.1. The van der Waals surface area contributed by atoms with E-state index in [-0.39, 0.29) is 11.9 Å². The Hall–Kier alpha value is -3.05. The van der Waals surface area contributed by atoms with Gasteiger partial charge in [-0.25, -0.2) is 9.78 Å². The van der Waals surface area contributed by atoms with Crippen molar-refractivity contribution in [3.63, 3.8) is 0 Å². The van der Waals surface area contributed by atoms with Crippen molar-refractivity contribution >= 4 is 40.6 Å². The van der Waals surface area contributed by atoms with Crippen molar-refractivity contribution in [1.29, 1.82) is 0 Å². The van der Waals surface area contributed by atoms with Gasteiger partial charge in [-0.05, 0) is 23.7 Å². The number of fused-ring (bicyclic) bond motifs is 3. The number of carbonyl (C=O) groups is 2. The Morgan fingerprint density at radius 1 is 1.20 bits per heavy atom. The summed E-state index contributed by atoms with van der Waals surface area (Å²) in [6.45, 7) is 1.85. The fourth-order valence-electron chi connectivity index (χ4n) is 5.54. The molecular formula is C24H28N6O4S. The topological polar surface area (TPSA) is 123 Å². The number of rotatable bonds is 3. The van der Waals surface area contributed by atoms with Crippen LogP contribution < -0.4 is 15.5 Å². The van der Waals surface area contributed by atoms with Crippen LogP contribution in [0.5, 0.6) is 0 Å². The predicted molar refractivity (Wildman–Crippen MR) is 131 cm³/mol. The molecule has 10 nitrogen and oxygen atoms in total. The van der Waals surface area contributed by atoms with Crippen LogP contribution in [0.3, 0.4) is 0 Å². The number of aryl methyl sites for hydroxylation is 1. The lowest BCUT2D eigenvalue weighted by atomic mass is 9.82. The highest BCUT2D eigenvalue weighted by Gasteiger charge is 2.45. The van der Waals surface area contributed by atoms with E-state index in [0.29, 0.717) is 67.7 Å². The van der Waals surface area contributed by atoms with Crippen LogP contribution in [0.4, 0.5) is 22.2 Å². The van der Waals surface area contributed by atoms with Crippen molar-refractivity contribution < 1.29 is 18.9 Å². The number of hydrogen-bond acceptors (Lipinski definition) is 8. The predicted octanol–water partition coefficient (Wildman–Crippen LogP) is 2.23. The minimum Gasteiger partial charge on any atom is -0.611 e. The molecule has 35 heavy (non-hydrogen) atoms. The van der Waals surface area contributed by atoms with Crippen LogP contribution in [-0.2, 0) is 32.7 Å². The lowest BCUT2D eigenvalue weighted by Gasteiger charge is -2.44. The molecule has 4 aliphatic heterocycles. The molecule has 2 atom stereocenters. The number of anilines is 3. The zero-order valence-electron chi connectivity index (χ0n) is 19.6. The van der Waals surface area contributed by atoms with Crippen LogP contribution >= 0.6 is 0 Å². The first kappa shape index (κ1) is 22.4. The Morgan fingerprint density at radius 3 is 2.80 bits per heavy atom. The summed E-state index contributed by atoms with van der Waals surface area (Å²) < 4.78 is 18.6. The van der Waals surface area contributed by atoms with Gasteiger partial charge < -0.3 is 24.4 Å². The number of para-hydroxylation sites is 1. The molecule has 0 bridgehead atoms. The molecule has 1 aromatic carbocycles. The third-order valence-electron chi connectivity index (χ3n) is 7.44. The summed E-state index contributed by atoms with van der Waals surface area (Å²) >= 11 is -1.13. The smallest absolute Gasteiger partial charge is 0.412 e. The van der Waals surface area contributed by atoms with E-state index in [4.69, 9.17) is 14.7 Å². The van der Waals surface area contributed by atoms with E-state index >= 15 is 0 Å². The minimum atomic E-state index is -1.13. The number of aromatic nitrogens is 2. The molecule has 0 saturated carbocycles. The van der Waals surface area contributed by atoms with Gasteiger partial charge in [-0.15, -0.1) is 0 Å². The second-order valence-corrected chi connectivity index (χ2v) is 11.2. The van der Waals surface area contributed by atoms with Gasteiger partial charge in [-0.3, -0.25) is 10.1 Å². The van der Waals surface area contributed by atoms with E-state index in [1.807, 2.05) is 24.3 Å². The Labute approximate surface area is 206 Å². The number of likely N-dealkylation sites (N-methyl/N-ethyl adjacent to an activating group) is 1. The highest BCUT2D eigenvalue weighted by atomic mass is 32.2. The maximum atomic E-state index is 12.7. The standard InChI is InChI=1S/C24H28N6O4S/c1-29-14-15(6-7-19(29)31)25-21-20-18(8-13-35(20)33)26-22(28-21)30-11-9-24(10-12-30)16-4-2-3-5-17(16)27-23(32)34-24/h2-5,15H,6-14H2,1H3,(H,27,32)(H,25,26,28)/t15-,35?/m0/s1. The number of hydrogen-bond donors (Lipinski definition) is 2. The lowest BCUT2D eigenvalue weighted by molar-refractivity contribution is -0.132. The summed E-state index contributed by atoms with van der Waals surface area (Å²) in [4.78, 5) is 38.3. The van der Waals surface area contributed by atoms with Gasteiger partial charge in [0.25, 0.3) is 0 Å². The maximum Gasteiger partial charge on any atom is 0.412 e. The molecule has 5 heterocycles. The monoisotopic (exact) mass is 496 g/mol. The van der Waals surface area contributed by atoms with Gasteiger partial charge in [0.05, 0.1) is 5.69 Å². The van der Waals surface area contributed by atoms with E-state index in [1.165, 1.54) is 0 Å². The van der Waals surface area contributed by atoms with Gasteiger partial charge >= 0.3 is 6.09 Å². The van der Waals surface area contributed by atoms with Crippen molar-refractivity contribution in [2.75, 3.05) is 48.0 Å². The average molecular weight is 497 g/mol. The van der Waals surface area contributed by atoms with Gasteiger partial charge in [0.1, 0.15) is 17.0 Å². The summed E-state index contributed by atoms with van der Waals surface area (Å²) in [5, 5.41) is 6.27. The lowest BCUT2D eigenvalue weighted by Crippen LogP contribution is -2.48. The summed E-state index contributed by atoms with van der Waals surface area (Å²) in [6, 6.07) is 7.84. The van der Waals surface area contributed by atoms with Crippen LogP contribution in [0.25, 0.3) is 0 Å². The SMILES string of the molecule is CN1C[C@@H](Nc2nc(N3CCC4(CC3)OC(=O)Nc3ccccc34)nc3c2[S+]([O-])CC3)CCC1=O. The molecule has 11 heteroatoms. The summed E-state index contributed by atoms with van der Waals surface area (Å²) in [6.07, 6.45) is 2.69. The number of ether oxygens (including phenoxy) is 1. The number of benzene rings is 1. The number of amides is 2. The van der Waals surface area contributed by atoms with Gasteiger partial charge in [0.15, 0.2) is 5.82 Å². The average Bonchev–Trinajstić information content (AvgIpc) is 3.23. The highest BCUT2D eigenvalue weighted by Crippen LogP contribution is 2.44. The molecule has 4 aliphatic rings. The molecule has 0 radical (unpaired) electrons. The summed E-state index contributed by atoms with van der Waals surface area (Å²) in [5.74, 6) is 1.91. The minimum absolute atomic E-state index is 0.0532. The summed E-state index contributed by atoms with van der Waals surface area (Å²) in [5.41, 5.74) is 1.97. The third kappa shape index (κ3) is 3.96. The van der Waals surface area contributed by atoms with Gasteiger partial charge in [0, 0.05) is 64.0 Å². The van der Waals surface area contributed by atoms with Crippen LogP contribution in [0, 0.1) is 0 Å². The molecular weight excluding hydrogens is 468 g/mol. The van der Waals surface area contributed by atoms with Crippen molar-refractivity contribution in [2.45, 2.75) is 48.6 Å². The van der Waals surface area contributed by atoms with Gasteiger partial charge in [-0.2, -0.15) is 4.98 Å². The highest BCUT2D eigenvalue weighted by molar-refractivity contribution is 7.91. The van der Waals surface area contributed by atoms with Crippen LogP contribution in [0.2, 0.25) is 0 Å². The molecule has 2 aromatic rings. The molecule has 184 valence electrons. The quantitative estimate of drug-likeness (QED) is 0.621. The number of likely N-dealkylation sites (tertiary alicyclic amines) is 1. The van der Waals surface area contributed by atoms with Crippen molar-refractivity contribution in [3.8, 4) is 0 Å². The first-order valence-corrected chi connectivity index (χ1v) is 13.4. The molecule has 6 rings (SSSR count). The fraction of sp³-hybridized carbons (Fsp3) is 0.500. The second-order valence-electron chi connectivity index (χ2n) is 9.64. The zero-order chi connectivity index (χ0) is 24.2. The maximum absolute atomic E-state index is 12.7. The van der Waals surface area contributed by atoms with E-state index in [1.54, 1.807) is 11.9 Å². The first-order chi connectivity index (χ1) is 16.9. The van der Waals surface area contributed by atoms with Crippen molar-refractivity contribution in [1.82, 2.24) is 14.9 Å². The number of nitrogens with one attached hydrogen (secondary N) is 2. The summed E-state index contributed by atoms with van der Waals surface area (Å²) in [7, 11) is 1.81. The van der Waals surface area contributed by atoms with Crippen LogP contribution in [-0.4, -0.2) is 69.9 Å². The second kappa shape index (κ2) is 8.56. The van der Waals surface area contributed by atoms with E-state index in [0.717, 1.165) is 23.4 Å². The van der Waals surface area contributed by atoms with Crippen LogP contribution in [0.1, 0.15) is 36.9 Å². The Balaban J connectivity index is 1.25. The molecule has 0 aliphatic carbocycles. The molecule has 2 saturated heterocycles. The molecule has 1 aromatic heterocycles. The molecule has 2 amide bonds. The van der Waals surface area contributed by atoms with Gasteiger partial charge in [-0.1, -0.05) is 18.2 Å². The van der Waals surface area contributed by atoms with E-state index < -0.39 is 22.9 Å². The first-order valence-electron chi connectivity index (χ1n) is 12.1. The molecule has 1 unspecified atom stereocenters. The molecule has 1 spiro atoms. The molecule has 2 N–H and O–H groups in total. The Bertz CT molecular complexity index is 1180. The Kier molecular flexibility index (Phi) is 5.48. The van der Waals surface area contributed by atoms with Gasteiger partial charge in [0.2, 0.25) is 16.8 Å².